The lowest BCUT2D eigenvalue weighted by Crippen LogP contribution is -2.59. The summed E-state index contributed by atoms with van der Waals surface area (Å²) in [6.07, 6.45) is 2.36. The molecule has 0 aliphatic carbocycles. The fraction of sp³-hybridized carbons (Fsp3) is 0.917. The van der Waals surface area contributed by atoms with Crippen LogP contribution in [0.2, 0.25) is 0 Å². The Bertz CT molecular complexity index is 255. The maximum Gasteiger partial charge on any atom is 0.324 e. The van der Waals surface area contributed by atoms with Gasteiger partial charge in [-0.1, -0.05) is 0 Å². The molecule has 1 aliphatic rings. The second-order valence-corrected chi connectivity index (χ2v) is 5.40. The molecule has 0 aromatic carbocycles. The number of nitrogens with one attached hydrogen (secondary N) is 1. The molecule has 94 valence electrons. The Hall–Kier alpha value is -0.610. The van der Waals surface area contributed by atoms with Gasteiger partial charge in [0, 0.05) is 18.6 Å². The van der Waals surface area contributed by atoms with E-state index in [9.17, 15) is 9.90 Å². The van der Waals surface area contributed by atoms with Crippen LogP contribution >= 0.6 is 0 Å². The van der Waals surface area contributed by atoms with E-state index in [0.717, 1.165) is 6.54 Å². The van der Waals surface area contributed by atoms with Crippen molar-refractivity contribution in [2.45, 2.75) is 58.2 Å². The van der Waals surface area contributed by atoms with Crippen molar-refractivity contribution in [3.05, 3.63) is 0 Å². The number of nitrogens with zero attached hydrogens (tertiary/aromatic N) is 1. The van der Waals surface area contributed by atoms with Crippen LogP contribution in [0.3, 0.4) is 0 Å². The van der Waals surface area contributed by atoms with Crippen LogP contribution in [0.5, 0.6) is 0 Å². The van der Waals surface area contributed by atoms with Crippen LogP contribution in [0.1, 0.15) is 40.5 Å². The quantitative estimate of drug-likeness (QED) is 0.745. The van der Waals surface area contributed by atoms with Gasteiger partial charge in [0.1, 0.15) is 5.54 Å². The molecule has 1 fully saturated rings. The molecule has 2 N–H and O–H groups in total. The second-order valence-electron chi connectivity index (χ2n) is 5.40. The summed E-state index contributed by atoms with van der Waals surface area (Å²) in [6.45, 7) is 9.51. The lowest BCUT2D eigenvalue weighted by atomic mass is 10.00. The van der Waals surface area contributed by atoms with Gasteiger partial charge in [-0.15, -0.1) is 0 Å². The van der Waals surface area contributed by atoms with Gasteiger partial charge in [0.25, 0.3) is 0 Å². The Morgan fingerprint density at radius 3 is 2.62 bits per heavy atom. The van der Waals surface area contributed by atoms with Crippen LogP contribution in [0.25, 0.3) is 0 Å². The maximum absolute atomic E-state index is 11.4. The minimum atomic E-state index is -0.841. The summed E-state index contributed by atoms with van der Waals surface area (Å²) in [5.41, 5.74) is -0.841. The molecular weight excluding hydrogens is 204 g/mol. The number of hydrogen-bond acceptors (Lipinski definition) is 3. The topological polar surface area (TPSA) is 52.6 Å². The fourth-order valence-electron chi connectivity index (χ4n) is 2.45. The number of aliphatic carboxylic acids is 1. The summed E-state index contributed by atoms with van der Waals surface area (Å²) in [6, 6.07) is 0.687. The highest BCUT2D eigenvalue weighted by Crippen LogP contribution is 2.20. The number of carboxylic acid groups (broad SMARTS) is 1. The fourth-order valence-corrected chi connectivity index (χ4v) is 2.45. The minimum Gasteiger partial charge on any atom is -0.480 e. The third kappa shape index (κ3) is 3.19. The number of rotatable bonds is 5. The molecule has 0 saturated carbocycles. The number of hydrogen-bond donors (Lipinski definition) is 2. The smallest absolute Gasteiger partial charge is 0.324 e. The first-order chi connectivity index (χ1) is 7.35. The van der Waals surface area contributed by atoms with E-state index in [4.69, 9.17) is 0 Å². The van der Waals surface area contributed by atoms with Crippen molar-refractivity contribution in [2.75, 3.05) is 13.1 Å². The van der Waals surface area contributed by atoms with Crippen molar-refractivity contribution in [1.29, 1.82) is 0 Å². The molecule has 0 amide bonds. The number of likely N-dealkylation sites (tertiary alicyclic amines) is 1. The zero-order valence-corrected chi connectivity index (χ0v) is 10.8. The van der Waals surface area contributed by atoms with Crippen molar-refractivity contribution < 1.29 is 9.90 Å². The molecule has 4 heteroatoms. The lowest BCUT2D eigenvalue weighted by Gasteiger charge is -2.34. The predicted octanol–water partition coefficient (Wildman–Crippen LogP) is 1.31. The summed E-state index contributed by atoms with van der Waals surface area (Å²) >= 11 is 0. The molecular formula is C12H24N2O2. The van der Waals surface area contributed by atoms with Crippen molar-refractivity contribution in [3.8, 4) is 0 Å². The molecule has 1 rings (SSSR count). The average molecular weight is 228 g/mol. The summed E-state index contributed by atoms with van der Waals surface area (Å²) in [4.78, 5) is 13.6. The molecule has 1 heterocycles. The minimum absolute atomic E-state index is 0.180. The second kappa shape index (κ2) is 5.15. The third-order valence-electron chi connectivity index (χ3n) is 3.29. The van der Waals surface area contributed by atoms with E-state index in [-0.39, 0.29) is 6.04 Å². The summed E-state index contributed by atoms with van der Waals surface area (Å²) in [5.74, 6) is -0.764. The third-order valence-corrected chi connectivity index (χ3v) is 3.29. The van der Waals surface area contributed by atoms with Gasteiger partial charge in [-0.2, -0.15) is 0 Å². The highest BCUT2D eigenvalue weighted by Gasteiger charge is 2.37. The van der Waals surface area contributed by atoms with Crippen molar-refractivity contribution >= 4 is 5.97 Å². The summed E-state index contributed by atoms with van der Waals surface area (Å²) < 4.78 is 0. The molecule has 0 aromatic heterocycles. The van der Waals surface area contributed by atoms with Crippen LogP contribution in [-0.4, -0.2) is 46.7 Å². The zero-order chi connectivity index (χ0) is 12.3. The SMILES string of the molecule is CC(C)NC(C)(CN1CCCC1C)C(=O)O. The van der Waals surface area contributed by atoms with E-state index >= 15 is 0 Å². The molecule has 0 bridgehead atoms. The molecule has 2 unspecified atom stereocenters. The van der Waals surface area contributed by atoms with Crippen LogP contribution in [-0.2, 0) is 4.79 Å². The Morgan fingerprint density at radius 1 is 1.62 bits per heavy atom. The van der Waals surface area contributed by atoms with E-state index in [0.29, 0.717) is 12.6 Å². The Balaban J connectivity index is 2.66. The van der Waals surface area contributed by atoms with E-state index in [1.165, 1.54) is 12.8 Å². The molecule has 0 aromatic rings. The highest BCUT2D eigenvalue weighted by atomic mass is 16.4. The first kappa shape index (κ1) is 13.5. The Kier molecular flexibility index (Phi) is 4.33. The van der Waals surface area contributed by atoms with Gasteiger partial charge in [0.2, 0.25) is 0 Å². The van der Waals surface area contributed by atoms with Gasteiger partial charge < -0.3 is 5.11 Å². The standard InChI is InChI=1S/C12H24N2O2/c1-9(2)13-12(4,11(15)16)8-14-7-5-6-10(14)3/h9-10,13H,5-8H2,1-4H3,(H,15,16). The van der Waals surface area contributed by atoms with Crippen LogP contribution in [0.15, 0.2) is 0 Å². The monoisotopic (exact) mass is 228 g/mol. The van der Waals surface area contributed by atoms with Gasteiger partial charge >= 0.3 is 5.97 Å². The average Bonchev–Trinajstić information content (AvgIpc) is 2.50. The van der Waals surface area contributed by atoms with Gasteiger partial charge in [-0.25, -0.2) is 0 Å². The largest absolute Gasteiger partial charge is 0.480 e. The van der Waals surface area contributed by atoms with E-state index in [2.05, 4.69) is 17.1 Å². The first-order valence-corrected chi connectivity index (χ1v) is 6.10. The van der Waals surface area contributed by atoms with Crippen LogP contribution in [0, 0.1) is 0 Å². The maximum atomic E-state index is 11.4. The number of carbonyl (C=O) groups is 1. The van der Waals surface area contributed by atoms with E-state index in [1.807, 2.05) is 13.8 Å². The van der Waals surface area contributed by atoms with Crippen LogP contribution in [0.4, 0.5) is 0 Å². The van der Waals surface area contributed by atoms with Gasteiger partial charge in [0.15, 0.2) is 0 Å². The molecule has 1 saturated heterocycles. The zero-order valence-electron chi connectivity index (χ0n) is 10.8. The Labute approximate surface area is 98.0 Å². The molecule has 4 nitrogen and oxygen atoms in total. The Morgan fingerprint density at radius 2 is 2.25 bits per heavy atom. The van der Waals surface area contributed by atoms with Crippen molar-refractivity contribution in [1.82, 2.24) is 10.2 Å². The number of carboxylic acids is 1. The molecule has 1 aliphatic heterocycles. The van der Waals surface area contributed by atoms with E-state index < -0.39 is 11.5 Å². The van der Waals surface area contributed by atoms with Crippen molar-refractivity contribution in [2.24, 2.45) is 0 Å². The summed E-state index contributed by atoms with van der Waals surface area (Å²) in [7, 11) is 0. The predicted molar refractivity (Wildman–Crippen MR) is 64.6 cm³/mol. The molecule has 2 atom stereocenters. The van der Waals surface area contributed by atoms with Gasteiger partial charge in [-0.05, 0) is 47.1 Å². The summed E-state index contributed by atoms with van der Waals surface area (Å²) in [5, 5.41) is 12.5. The van der Waals surface area contributed by atoms with Gasteiger partial charge in [-0.3, -0.25) is 15.0 Å². The molecule has 16 heavy (non-hydrogen) atoms. The normalized spacial score (nSPS) is 25.9. The lowest BCUT2D eigenvalue weighted by molar-refractivity contribution is -0.145. The molecule has 0 radical (unpaired) electrons. The molecule has 0 spiro atoms. The van der Waals surface area contributed by atoms with Crippen LogP contribution < -0.4 is 5.32 Å². The van der Waals surface area contributed by atoms with Crippen molar-refractivity contribution in [3.63, 3.8) is 0 Å². The first-order valence-electron chi connectivity index (χ1n) is 6.10. The van der Waals surface area contributed by atoms with E-state index in [1.54, 1.807) is 6.92 Å². The highest BCUT2D eigenvalue weighted by molar-refractivity contribution is 5.78. The van der Waals surface area contributed by atoms with Gasteiger partial charge in [0.05, 0.1) is 0 Å².